The van der Waals surface area contributed by atoms with Gasteiger partial charge in [0.1, 0.15) is 11.6 Å². The maximum Gasteiger partial charge on any atom is 0.267 e. The maximum atomic E-state index is 12.4. The Morgan fingerprint density at radius 1 is 0.963 bits per heavy atom. The van der Waals surface area contributed by atoms with E-state index in [0.29, 0.717) is 17.1 Å². The standard InChI is InChI=1S/C21H22N4O2/c1-13-9-14(2)20(15(3)10-13)25-21(27)17(11-22)12-23-18-5-7-19(8-6-18)24-16(4)26/h5-10,12,23H,1-4H3,(H,24,26)(H,25,27)/b17-12-. The molecule has 0 spiro atoms. The Morgan fingerprint density at radius 2 is 1.52 bits per heavy atom. The van der Waals surface area contributed by atoms with E-state index in [0.717, 1.165) is 16.7 Å². The normalized spacial score (nSPS) is 10.7. The number of benzene rings is 2. The van der Waals surface area contributed by atoms with E-state index < -0.39 is 5.91 Å². The van der Waals surface area contributed by atoms with E-state index in [2.05, 4.69) is 16.0 Å². The molecule has 3 N–H and O–H groups in total. The molecule has 0 fully saturated rings. The van der Waals surface area contributed by atoms with Gasteiger partial charge in [0.15, 0.2) is 0 Å². The van der Waals surface area contributed by atoms with Crippen LogP contribution in [0.25, 0.3) is 0 Å². The van der Waals surface area contributed by atoms with Crippen LogP contribution in [0.2, 0.25) is 0 Å². The molecule has 0 saturated carbocycles. The number of aryl methyl sites for hydroxylation is 3. The van der Waals surface area contributed by atoms with Gasteiger partial charge in [-0.05, 0) is 56.2 Å². The van der Waals surface area contributed by atoms with E-state index >= 15 is 0 Å². The Labute approximate surface area is 158 Å². The second-order valence-corrected chi connectivity index (χ2v) is 6.30. The number of amides is 2. The van der Waals surface area contributed by atoms with Crippen LogP contribution < -0.4 is 16.0 Å². The van der Waals surface area contributed by atoms with Crippen molar-refractivity contribution in [3.05, 3.63) is 64.9 Å². The van der Waals surface area contributed by atoms with Gasteiger partial charge in [-0.3, -0.25) is 9.59 Å². The number of carbonyl (C=O) groups excluding carboxylic acids is 2. The van der Waals surface area contributed by atoms with Crippen molar-refractivity contribution < 1.29 is 9.59 Å². The Balaban J connectivity index is 2.11. The number of nitrogens with one attached hydrogen (secondary N) is 3. The summed E-state index contributed by atoms with van der Waals surface area (Å²) in [5.74, 6) is -0.629. The van der Waals surface area contributed by atoms with E-state index in [1.807, 2.05) is 39.0 Å². The van der Waals surface area contributed by atoms with E-state index in [-0.39, 0.29) is 11.5 Å². The van der Waals surface area contributed by atoms with Crippen LogP contribution in [-0.2, 0) is 9.59 Å². The average Bonchev–Trinajstić information content (AvgIpc) is 2.59. The quantitative estimate of drug-likeness (QED) is 0.553. The third kappa shape index (κ3) is 5.44. The molecule has 2 amide bonds. The fourth-order valence-corrected chi connectivity index (χ4v) is 2.72. The van der Waals surface area contributed by atoms with Gasteiger partial charge in [0.25, 0.3) is 5.91 Å². The molecule has 138 valence electrons. The predicted molar refractivity (Wildman–Crippen MR) is 107 cm³/mol. The second kappa shape index (κ2) is 8.68. The summed E-state index contributed by atoms with van der Waals surface area (Å²) in [7, 11) is 0. The highest BCUT2D eigenvalue weighted by Crippen LogP contribution is 2.22. The molecule has 27 heavy (non-hydrogen) atoms. The minimum Gasteiger partial charge on any atom is -0.360 e. The smallest absolute Gasteiger partial charge is 0.267 e. The summed E-state index contributed by atoms with van der Waals surface area (Å²) in [4.78, 5) is 23.5. The molecule has 0 aliphatic rings. The molecule has 0 aliphatic heterocycles. The van der Waals surface area contributed by atoms with Gasteiger partial charge in [-0.1, -0.05) is 17.7 Å². The number of nitriles is 1. The van der Waals surface area contributed by atoms with Crippen LogP contribution in [0.3, 0.4) is 0 Å². The molecule has 6 heteroatoms. The Kier molecular flexibility index (Phi) is 6.34. The van der Waals surface area contributed by atoms with E-state index in [1.165, 1.54) is 13.1 Å². The highest BCUT2D eigenvalue weighted by atomic mass is 16.2. The first-order valence-corrected chi connectivity index (χ1v) is 8.44. The van der Waals surface area contributed by atoms with Gasteiger partial charge in [-0.15, -0.1) is 0 Å². The zero-order valence-electron chi connectivity index (χ0n) is 15.8. The lowest BCUT2D eigenvalue weighted by Gasteiger charge is -2.12. The SMILES string of the molecule is CC(=O)Nc1ccc(N/C=C(/C#N)C(=O)Nc2c(C)cc(C)cc2C)cc1. The van der Waals surface area contributed by atoms with Crippen LogP contribution in [0.15, 0.2) is 48.2 Å². The molecule has 0 aromatic heterocycles. The summed E-state index contributed by atoms with van der Waals surface area (Å²) in [6.45, 7) is 7.26. The predicted octanol–water partition coefficient (Wildman–Crippen LogP) is 4.03. The van der Waals surface area contributed by atoms with Gasteiger partial charge in [0.05, 0.1) is 0 Å². The number of hydrogen-bond acceptors (Lipinski definition) is 4. The summed E-state index contributed by atoms with van der Waals surface area (Å²) in [5, 5.41) is 17.7. The van der Waals surface area contributed by atoms with Crippen molar-refractivity contribution in [2.45, 2.75) is 27.7 Å². The van der Waals surface area contributed by atoms with E-state index in [1.54, 1.807) is 24.3 Å². The van der Waals surface area contributed by atoms with Crippen molar-refractivity contribution >= 4 is 28.9 Å². The maximum absolute atomic E-state index is 12.4. The van der Waals surface area contributed by atoms with Crippen LogP contribution >= 0.6 is 0 Å². The van der Waals surface area contributed by atoms with Crippen molar-refractivity contribution in [1.29, 1.82) is 5.26 Å². The molecule has 2 aromatic rings. The largest absolute Gasteiger partial charge is 0.360 e. The molecule has 0 atom stereocenters. The molecular formula is C21H22N4O2. The van der Waals surface area contributed by atoms with Crippen LogP contribution in [-0.4, -0.2) is 11.8 Å². The van der Waals surface area contributed by atoms with Crippen molar-refractivity contribution in [3.8, 4) is 6.07 Å². The van der Waals surface area contributed by atoms with Gasteiger partial charge >= 0.3 is 0 Å². The number of carbonyl (C=O) groups is 2. The van der Waals surface area contributed by atoms with Crippen LogP contribution in [0.5, 0.6) is 0 Å². The molecule has 0 unspecified atom stereocenters. The summed E-state index contributed by atoms with van der Waals surface area (Å²) in [6.07, 6.45) is 1.36. The van der Waals surface area contributed by atoms with Gasteiger partial charge in [-0.25, -0.2) is 0 Å². The molecule has 0 bridgehead atoms. The fraction of sp³-hybridized carbons (Fsp3) is 0.190. The van der Waals surface area contributed by atoms with Crippen LogP contribution in [0.1, 0.15) is 23.6 Å². The Bertz CT molecular complexity index is 915. The lowest BCUT2D eigenvalue weighted by molar-refractivity contribution is -0.114. The summed E-state index contributed by atoms with van der Waals surface area (Å²) in [6, 6.07) is 12.8. The molecule has 2 rings (SSSR count). The molecule has 0 saturated heterocycles. The molecule has 6 nitrogen and oxygen atoms in total. The number of hydrogen-bond donors (Lipinski definition) is 3. The Morgan fingerprint density at radius 3 is 2.04 bits per heavy atom. The number of rotatable bonds is 5. The van der Waals surface area contributed by atoms with Crippen LogP contribution in [0.4, 0.5) is 17.1 Å². The minimum atomic E-state index is -0.477. The first kappa shape index (κ1) is 19.7. The zero-order chi connectivity index (χ0) is 20.0. The van der Waals surface area contributed by atoms with Crippen molar-refractivity contribution in [1.82, 2.24) is 0 Å². The third-order valence-electron chi connectivity index (χ3n) is 3.87. The molecule has 0 aliphatic carbocycles. The molecule has 0 heterocycles. The lowest BCUT2D eigenvalue weighted by Crippen LogP contribution is -2.16. The zero-order valence-corrected chi connectivity index (χ0v) is 15.8. The van der Waals surface area contributed by atoms with Gasteiger partial charge < -0.3 is 16.0 Å². The number of anilines is 3. The first-order chi connectivity index (χ1) is 12.8. The van der Waals surface area contributed by atoms with Gasteiger partial charge in [-0.2, -0.15) is 5.26 Å². The van der Waals surface area contributed by atoms with Crippen LogP contribution in [0, 0.1) is 32.1 Å². The number of nitrogens with zero attached hydrogens (tertiary/aromatic N) is 1. The minimum absolute atomic E-state index is 0.0414. The summed E-state index contributed by atoms with van der Waals surface area (Å²) < 4.78 is 0. The van der Waals surface area contributed by atoms with E-state index in [4.69, 9.17) is 0 Å². The molecule has 0 radical (unpaired) electrons. The summed E-state index contributed by atoms with van der Waals surface area (Å²) in [5.41, 5.74) is 5.03. The van der Waals surface area contributed by atoms with Gasteiger partial charge in [0, 0.05) is 30.2 Å². The van der Waals surface area contributed by atoms with Crippen molar-refractivity contribution in [3.63, 3.8) is 0 Å². The molecular weight excluding hydrogens is 340 g/mol. The van der Waals surface area contributed by atoms with Crippen molar-refractivity contribution in [2.24, 2.45) is 0 Å². The van der Waals surface area contributed by atoms with Crippen molar-refractivity contribution in [2.75, 3.05) is 16.0 Å². The third-order valence-corrected chi connectivity index (χ3v) is 3.87. The molecule has 2 aromatic carbocycles. The Hall–Kier alpha value is -3.59. The highest BCUT2D eigenvalue weighted by Gasteiger charge is 2.12. The monoisotopic (exact) mass is 362 g/mol. The highest BCUT2D eigenvalue weighted by molar-refractivity contribution is 6.07. The first-order valence-electron chi connectivity index (χ1n) is 8.44. The second-order valence-electron chi connectivity index (χ2n) is 6.30. The van der Waals surface area contributed by atoms with Gasteiger partial charge in [0.2, 0.25) is 5.91 Å². The summed E-state index contributed by atoms with van der Waals surface area (Å²) >= 11 is 0. The lowest BCUT2D eigenvalue weighted by atomic mass is 10.0. The fourth-order valence-electron chi connectivity index (χ4n) is 2.72. The average molecular weight is 362 g/mol. The topological polar surface area (TPSA) is 94.0 Å². The van der Waals surface area contributed by atoms with E-state index in [9.17, 15) is 14.9 Å².